The van der Waals surface area contributed by atoms with Crippen LogP contribution in [0.4, 0.5) is 11.5 Å². The molecule has 0 saturated carbocycles. The molecule has 0 aliphatic heterocycles. The van der Waals surface area contributed by atoms with Crippen molar-refractivity contribution >= 4 is 44.7 Å². The fraction of sp³-hybridized carbons (Fsp3) is 0.125. The molecule has 0 spiro atoms. The van der Waals surface area contributed by atoms with Gasteiger partial charge < -0.3 is 10.2 Å². The zero-order valence-electron chi connectivity index (χ0n) is 16.8. The summed E-state index contributed by atoms with van der Waals surface area (Å²) in [5, 5.41) is 10.7. The molecule has 5 aromatic rings. The minimum absolute atomic E-state index is 0.0932. The number of aryl methyl sites for hydroxylation is 1. The number of likely N-dealkylation sites (N-methyl/N-ethyl adjacent to an activating group) is 1. The fourth-order valence-corrected chi connectivity index (χ4v) is 3.86. The van der Waals surface area contributed by atoms with E-state index < -0.39 is 0 Å². The molecule has 0 fully saturated rings. The van der Waals surface area contributed by atoms with Gasteiger partial charge >= 0.3 is 0 Å². The maximum Gasteiger partial charge on any atom is 0.243 e. The van der Waals surface area contributed by atoms with E-state index >= 15 is 0 Å². The number of carbonyl (C=O) groups excluding carboxylic acids is 1. The van der Waals surface area contributed by atoms with Gasteiger partial charge in [0.15, 0.2) is 5.65 Å². The van der Waals surface area contributed by atoms with Crippen molar-refractivity contribution in [1.29, 1.82) is 0 Å². The maximum absolute atomic E-state index is 12.8. The number of para-hydroxylation sites is 1. The third-order valence-corrected chi connectivity index (χ3v) is 5.21. The van der Waals surface area contributed by atoms with Gasteiger partial charge in [-0.1, -0.05) is 48.5 Å². The van der Waals surface area contributed by atoms with Crippen molar-refractivity contribution in [1.82, 2.24) is 14.6 Å². The molecule has 0 aliphatic rings. The molecule has 2 heterocycles. The van der Waals surface area contributed by atoms with E-state index in [0.717, 1.165) is 44.5 Å². The van der Waals surface area contributed by atoms with Gasteiger partial charge in [-0.2, -0.15) is 5.10 Å². The van der Waals surface area contributed by atoms with Crippen molar-refractivity contribution in [3.05, 3.63) is 78.5 Å². The average Bonchev–Trinajstić information content (AvgIpc) is 3.14. The first-order chi connectivity index (χ1) is 14.6. The quantitative estimate of drug-likeness (QED) is 0.489. The Morgan fingerprint density at radius 3 is 2.60 bits per heavy atom. The van der Waals surface area contributed by atoms with E-state index in [1.54, 1.807) is 0 Å². The van der Waals surface area contributed by atoms with Crippen LogP contribution in [0.15, 0.2) is 72.8 Å². The van der Waals surface area contributed by atoms with Gasteiger partial charge in [0.1, 0.15) is 5.82 Å². The molecule has 30 heavy (non-hydrogen) atoms. The molecule has 0 radical (unpaired) electrons. The van der Waals surface area contributed by atoms with Gasteiger partial charge in [0.25, 0.3) is 0 Å². The fourth-order valence-electron chi connectivity index (χ4n) is 3.86. The van der Waals surface area contributed by atoms with Crippen LogP contribution < -0.4 is 10.2 Å². The second kappa shape index (κ2) is 7.15. The Labute approximate surface area is 173 Å². The van der Waals surface area contributed by atoms with Crippen LogP contribution in [0.3, 0.4) is 0 Å². The summed E-state index contributed by atoms with van der Waals surface area (Å²) < 4.78 is 1.85. The summed E-state index contributed by atoms with van der Waals surface area (Å²) >= 11 is 0. The number of rotatable bonds is 4. The maximum atomic E-state index is 12.8. The normalized spacial score (nSPS) is 11.3. The van der Waals surface area contributed by atoms with Gasteiger partial charge in [-0.15, -0.1) is 0 Å². The van der Waals surface area contributed by atoms with Gasteiger partial charge in [-0.3, -0.25) is 4.79 Å². The molecular weight excluding hydrogens is 374 g/mol. The van der Waals surface area contributed by atoms with Crippen LogP contribution in [0.5, 0.6) is 0 Å². The number of anilines is 2. The van der Waals surface area contributed by atoms with Gasteiger partial charge in [0, 0.05) is 29.6 Å². The number of fused-ring (bicyclic) bond motifs is 4. The highest BCUT2D eigenvalue weighted by molar-refractivity contribution is 6.04. The lowest BCUT2D eigenvalue weighted by Crippen LogP contribution is -2.31. The standard InChI is InChI=1S/C24H21N5O/c1-16-14-22-26-24(19-11-5-6-13-21(19)29(22)27-16)28(2)15-23(30)25-20-12-7-9-17-8-3-4-10-18(17)20/h3-14H,15H2,1-2H3,(H,25,30). The predicted molar refractivity (Wildman–Crippen MR) is 121 cm³/mol. The number of nitrogens with zero attached hydrogens (tertiary/aromatic N) is 4. The molecule has 0 saturated heterocycles. The Morgan fingerprint density at radius 1 is 1.00 bits per heavy atom. The van der Waals surface area contributed by atoms with Crippen molar-refractivity contribution in [3.63, 3.8) is 0 Å². The summed E-state index contributed by atoms with van der Waals surface area (Å²) in [4.78, 5) is 19.5. The van der Waals surface area contributed by atoms with Gasteiger partial charge in [-0.05, 0) is 30.5 Å². The van der Waals surface area contributed by atoms with E-state index in [0.29, 0.717) is 0 Å². The van der Waals surface area contributed by atoms with Crippen molar-refractivity contribution in [3.8, 4) is 0 Å². The number of hydrogen-bond donors (Lipinski definition) is 1. The molecular formula is C24H21N5O. The topological polar surface area (TPSA) is 62.5 Å². The highest BCUT2D eigenvalue weighted by Crippen LogP contribution is 2.26. The van der Waals surface area contributed by atoms with Crippen LogP contribution in [0.25, 0.3) is 27.3 Å². The van der Waals surface area contributed by atoms with E-state index in [2.05, 4.69) is 10.4 Å². The number of carbonyl (C=O) groups is 1. The first-order valence-corrected chi connectivity index (χ1v) is 9.84. The Balaban J connectivity index is 1.46. The van der Waals surface area contributed by atoms with Crippen LogP contribution >= 0.6 is 0 Å². The summed E-state index contributed by atoms with van der Waals surface area (Å²) in [5.41, 5.74) is 3.45. The molecule has 6 heteroatoms. The van der Waals surface area contributed by atoms with Crippen LogP contribution in [-0.4, -0.2) is 34.1 Å². The minimum Gasteiger partial charge on any atom is -0.350 e. The summed E-state index contributed by atoms with van der Waals surface area (Å²) in [6.45, 7) is 2.13. The molecule has 1 N–H and O–H groups in total. The third-order valence-electron chi connectivity index (χ3n) is 5.21. The Bertz CT molecular complexity index is 1400. The Hall–Kier alpha value is -3.93. The highest BCUT2D eigenvalue weighted by atomic mass is 16.2. The molecule has 0 unspecified atom stereocenters. The number of benzene rings is 3. The molecule has 3 aromatic carbocycles. The largest absolute Gasteiger partial charge is 0.350 e. The van der Waals surface area contributed by atoms with Crippen LogP contribution in [0.1, 0.15) is 5.69 Å². The predicted octanol–water partition coefficient (Wildman–Crippen LogP) is 4.42. The zero-order valence-corrected chi connectivity index (χ0v) is 16.8. The first kappa shape index (κ1) is 18.1. The Morgan fingerprint density at radius 2 is 1.73 bits per heavy atom. The lowest BCUT2D eigenvalue weighted by molar-refractivity contribution is -0.114. The summed E-state index contributed by atoms with van der Waals surface area (Å²) in [7, 11) is 1.89. The average molecular weight is 395 g/mol. The number of hydrogen-bond acceptors (Lipinski definition) is 4. The second-order valence-corrected chi connectivity index (χ2v) is 7.44. The van der Waals surface area contributed by atoms with E-state index in [9.17, 15) is 4.79 Å². The van der Waals surface area contributed by atoms with Gasteiger partial charge in [0.05, 0.1) is 17.8 Å². The molecule has 1 amide bonds. The SMILES string of the molecule is Cc1cc2nc(N(C)CC(=O)Nc3cccc4ccccc34)c3ccccc3n2n1. The molecule has 2 aromatic heterocycles. The Kier molecular flexibility index (Phi) is 4.32. The van der Waals surface area contributed by atoms with E-state index in [4.69, 9.17) is 4.98 Å². The number of amides is 1. The van der Waals surface area contributed by atoms with E-state index in [-0.39, 0.29) is 12.5 Å². The summed E-state index contributed by atoms with van der Waals surface area (Å²) in [6, 6.07) is 23.9. The molecule has 0 atom stereocenters. The molecule has 0 aliphatic carbocycles. The van der Waals surface area contributed by atoms with Crippen LogP contribution in [0, 0.1) is 6.92 Å². The first-order valence-electron chi connectivity index (χ1n) is 9.84. The summed E-state index contributed by atoms with van der Waals surface area (Å²) in [6.07, 6.45) is 0. The summed E-state index contributed by atoms with van der Waals surface area (Å²) in [5.74, 6) is 0.662. The van der Waals surface area contributed by atoms with Crippen molar-refractivity contribution < 1.29 is 4.79 Å². The highest BCUT2D eigenvalue weighted by Gasteiger charge is 2.16. The van der Waals surface area contributed by atoms with E-state index in [1.165, 1.54) is 0 Å². The number of aromatic nitrogens is 3. The van der Waals surface area contributed by atoms with Crippen molar-refractivity contribution in [2.45, 2.75) is 6.92 Å². The lowest BCUT2D eigenvalue weighted by Gasteiger charge is -2.20. The van der Waals surface area contributed by atoms with Gasteiger partial charge in [-0.25, -0.2) is 9.50 Å². The molecule has 6 nitrogen and oxygen atoms in total. The minimum atomic E-state index is -0.0932. The van der Waals surface area contributed by atoms with Crippen LogP contribution in [-0.2, 0) is 4.79 Å². The van der Waals surface area contributed by atoms with Gasteiger partial charge in [0.2, 0.25) is 5.91 Å². The van der Waals surface area contributed by atoms with Crippen LogP contribution in [0.2, 0.25) is 0 Å². The van der Waals surface area contributed by atoms with E-state index in [1.807, 2.05) is 96.2 Å². The molecule has 5 rings (SSSR count). The third kappa shape index (κ3) is 3.12. The zero-order chi connectivity index (χ0) is 20.7. The number of nitrogens with one attached hydrogen (secondary N) is 1. The second-order valence-electron chi connectivity index (χ2n) is 7.44. The van der Waals surface area contributed by atoms with Crippen molar-refractivity contribution in [2.75, 3.05) is 23.8 Å². The molecule has 0 bridgehead atoms. The smallest absolute Gasteiger partial charge is 0.243 e. The lowest BCUT2D eigenvalue weighted by atomic mass is 10.1. The monoisotopic (exact) mass is 395 g/mol. The van der Waals surface area contributed by atoms with Crippen molar-refractivity contribution in [2.24, 2.45) is 0 Å². The molecule has 148 valence electrons.